The van der Waals surface area contributed by atoms with Crippen LogP contribution in [0.4, 0.5) is 0 Å². The monoisotopic (exact) mass is 340 g/mol. The zero-order valence-corrected chi connectivity index (χ0v) is 14.6. The highest BCUT2D eigenvalue weighted by molar-refractivity contribution is 7.89. The Balaban J connectivity index is 2.16. The maximum absolute atomic E-state index is 12.4. The molecule has 1 atom stereocenters. The molecular formula is C16H24N2O4S. The third-order valence-corrected chi connectivity index (χ3v) is 5.13. The van der Waals surface area contributed by atoms with Crippen LogP contribution >= 0.6 is 0 Å². The molecule has 6 nitrogen and oxygen atoms in total. The average molecular weight is 340 g/mol. The molecule has 7 heteroatoms. The number of carbonyl (C=O) groups excluding carboxylic acids is 1. The maximum Gasteiger partial charge on any atom is 0.251 e. The number of sulfonamides is 1. The SMILES string of the molecule is Cc1ccc(S(=O)(=O)NCC2CCCO2)cc1C(=O)NC(C)C. The summed E-state index contributed by atoms with van der Waals surface area (Å²) in [5, 5.41) is 2.78. The first-order chi connectivity index (χ1) is 10.8. The van der Waals surface area contributed by atoms with E-state index in [4.69, 9.17) is 4.74 Å². The second-order valence-electron chi connectivity index (χ2n) is 6.09. The minimum absolute atomic E-state index is 0.0141. The summed E-state index contributed by atoms with van der Waals surface area (Å²) in [5.74, 6) is -0.270. The number of ether oxygens (including phenoxy) is 1. The van der Waals surface area contributed by atoms with E-state index < -0.39 is 10.0 Å². The number of hydrogen-bond donors (Lipinski definition) is 2. The van der Waals surface area contributed by atoms with Gasteiger partial charge in [-0.25, -0.2) is 13.1 Å². The van der Waals surface area contributed by atoms with Crippen LogP contribution in [0.5, 0.6) is 0 Å². The van der Waals surface area contributed by atoms with Gasteiger partial charge >= 0.3 is 0 Å². The molecule has 1 aromatic carbocycles. The second kappa shape index (κ2) is 7.42. The highest BCUT2D eigenvalue weighted by Crippen LogP contribution is 2.17. The zero-order valence-electron chi connectivity index (χ0n) is 13.8. The van der Waals surface area contributed by atoms with E-state index in [1.54, 1.807) is 13.0 Å². The molecule has 1 heterocycles. The molecule has 23 heavy (non-hydrogen) atoms. The molecule has 1 saturated heterocycles. The molecule has 1 aromatic rings. The molecule has 1 fully saturated rings. The standard InChI is InChI=1S/C16H24N2O4S/c1-11(2)18-16(19)15-9-14(7-6-12(15)3)23(20,21)17-10-13-5-4-8-22-13/h6-7,9,11,13,17H,4-5,8,10H2,1-3H3,(H,18,19). The molecular weight excluding hydrogens is 316 g/mol. The van der Waals surface area contributed by atoms with Crippen molar-refractivity contribution in [2.24, 2.45) is 0 Å². The summed E-state index contributed by atoms with van der Waals surface area (Å²) in [6.45, 7) is 6.43. The highest BCUT2D eigenvalue weighted by Gasteiger charge is 2.22. The fraction of sp³-hybridized carbons (Fsp3) is 0.562. The predicted octanol–water partition coefficient (Wildman–Crippen LogP) is 1.59. The number of benzene rings is 1. The number of carbonyl (C=O) groups is 1. The van der Waals surface area contributed by atoms with Crippen LogP contribution in [0, 0.1) is 6.92 Å². The van der Waals surface area contributed by atoms with Gasteiger partial charge in [0.15, 0.2) is 0 Å². The molecule has 0 saturated carbocycles. The fourth-order valence-corrected chi connectivity index (χ4v) is 3.54. The number of nitrogens with one attached hydrogen (secondary N) is 2. The van der Waals surface area contributed by atoms with Crippen molar-refractivity contribution in [3.63, 3.8) is 0 Å². The Morgan fingerprint density at radius 2 is 2.13 bits per heavy atom. The minimum atomic E-state index is -3.66. The summed E-state index contributed by atoms with van der Waals surface area (Å²) in [5.41, 5.74) is 1.11. The Morgan fingerprint density at radius 1 is 1.39 bits per heavy atom. The summed E-state index contributed by atoms with van der Waals surface area (Å²) in [7, 11) is -3.66. The van der Waals surface area contributed by atoms with Crippen molar-refractivity contribution in [1.29, 1.82) is 0 Å². The Kier molecular flexibility index (Phi) is 5.78. The van der Waals surface area contributed by atoms with Crippen LogP contribution in [0.25, 0.3) is 0 Å². The topological polar surface area (TPSA) is 84.5 Å². The number of amides is 1. The van der Waals surface area contributed by atoms with Gasteiger partial charge in [0.1, 0.15) is 0 Å². The van der Waals surface area contributed by atoms with Gasteiger partial charge in [0.05, 0.1) is 11.0 Å². The van der Waals surface area contributed by atoms with Crippen LogP contribution in [0.2, 0.25) is 0 Å². The lowest BCUT2D eigenvalue weighted by Crippen LogP contribution is -2.33. The molecule has 0 bridgehead atoms. The average Bonchev–Trinajstić information content (AvgIpc) is 2.98. The van der Waals surface area contributed by atoms with Crippen molar-refractivity contribution in [2.75, 3.05) is 13.2 Å². The number of rotatable bonds is 6. The van der Waals surface area contributed by atoms with Gasteiger partial charge in [-0.2, -0.15) is 0 Å². The van der Waals surface area contributed by atoms with Crippen molar-refractivity contribution in [1.82, 2.24) is 10.0 Å². The third kappa shape index (κ3) is 4.76. The molecule has 2 rings (SSSR count). The summed E-state index contributed by atoms with van der Waals surface area (Å²) < 4.78 is 32.8. The van der Waals surface area contributed by atoms with Gasteiger partial charge in [-0.1, -0.05) is 6.07 Å². The largest absolute Gasteiger partial charge is 0.377 e. The molecule has 0 radical (unpaired) electrons. The number of hydrogen-bond acceptors (Lipinski definition) is 4. The summed E-state index contributed by atoms with van der Waals surface area (Å²) in [6, 6.07) is 4.57. The van der Waals surface area contributed by atoms with Gasteiger partial charge in [-0.3, -0.25) is 4.79 Å². The van der Waals surface area contributed by atoms with E-state index in [1.807, 2.05) is 13.8 Å². The molecule has 2 N–H and O–H groups in total. The van der Waals surface area contributed by atoms with Crippen LogP contribution in [0.1, 0.15) is 42.6 Å². The van der Waals surface area contributed by atoms with E-state index in [-0.39, 0.29) is 29.5 Å². The molecule has 1 amide bonds. The quantitative estimate of drug-likeness (QED) is 0.824. The maximum atomic E-state index is 12.4. The molecule has 1 unspecified atom stereocenters. The van der Waals surface area contributed by atoms with Gasteiger partial charge in [0.25, 0.3) is 5.91 Å². The van der Waals surface area contributed by atoms with E-state index in [0.29, 0.717) is 12.2 Å². The smallest absolute Gasteiger partial charge is 0.251 e. The molecule has 0 aromatic heterocycles. The first kappa shape index (κ1) is 17.9. The van der Waals surface area contributed by atoms with E-state index in [9.17, 15) is 13.2 Å². The van der Waals surface area contributed by atoms with Crippen molar-refractivity contribution in [3.05, 3.63) is 29.3 Å². The van der Waals surface area contributed by atoms with Gasteiger partial charge in [0, 0.05) is 24.8 Å². The molecule has 128 valence electrons. The Labute approximate surface area is 137 Å². The summed E-state index contributed by atoms with van der Waals surface area (Å²) >= 11 is 0. The van der Waals surface area contributed by atoms with Crippen molar-refractivity contribution in [3.8, 4) is 0 Å². The van der Waals surface area contributed by atoms with Crippen molar-refractivity contribution >= 4 is 15.9 Å². The van der Waals surface area contributed by atoms with Crippen LogP contribution < -0.4 is 10.0 Å². The van der Waals surface area contributed by atoms with Gasteiger partial charge in [-0.15, -0.1) is 0 Å². The van der Waals surface area contributed by atoms with Crippen molar-refractivity contribution in [2.45, 2.75) is 50.7 Å². The Morgan fingerprint density at radius 3 is 2.74 bits per heavy atom. The van der Waals surface area contributed by atoms with Crippen LogP contribution in [-0.4, -0.2) is 39.6 Å². The van der Waals surface area contributed by atoms with E-state index >= 15 is 0 Å². The Bertz CT molecular complexity index is 665. The second-order valence-corrected chi connectivity index (χ2v) is 7.86. The molecule has 0 spiro atoms. The molecule has 0 aliphatic carbocycles. The molecule has 1 aliphatic rings. The van der Waals surface area contributed by atoms with Gasteiger partial charge in [-0.05, 0) is 51.3 Å². The zero-order chi connectivity index (χ0) is 17.0. The van der Waals surface area contributed by atoms with E-state index in [2.05, 4.69) is 10.0 Å². The third-order valence-electron chi connectivity index (χ3n) is 3.71. The first-order valence-electron chi connectivity index (χ1n) is 7.82. The van der Waals surface area contributed by atoms with E-state index in [0.717, 1.165) is 18.4 Å². The van der Waals surface area contributed by atoms with Crippen LogP contribution in [0.3, 0.4) is 0 Å². The lowest BCUT2D eigenvalue weighted by molar-refractivity contribution is 0.0942. The predicted molar refractivity (Wildman–Crippen MR) is 87.9 cm³/mol. The van der Waals surface area contributed by atoms with Gasteiger partial charge in [0.2, 0.25) is 10.0 Å². The lowest BCUT2D eigenvalue weighted by Gasteiger charge is -2.14. The minimum Gasteiger partial charge on any atom is -0.377 e. The first-order valence-corrected chi connectivity index (χ1v) is 9.30. The van der Waals surface area contributed by atoms with E-state index in [1.165, 1.54) is 12.1 Å². The van der Waals surface area contributed by atoms with Gasteiger partial charge < -0.3 is 10.1 Å². The van der Waals surface area contributed by atoms with Crippen molar-refractivity contribution < 1.29 is 17.9 Å². The molecule has 1 aliphatic heterocycles. The lowest BCUT2D eigenvalue weighted by atomic mass is 10.1. The van der Waals surface area contributed by atoms with Crippen LogP contribution in [0.15, 0.2) is 23.1 Å². The highest BCUT2D eigenvalue weighted by atomic mass is 32.2. The number of aryl methyl sites for hydroxylation is 1. The fourth-order valence-electron chi connectivity index (χ4n) is 2.44. The summed E-state index contributed by atoms with van der Waals surface area (Å²) in [6.07, 6.45) is 1.74. The summed E-state index contributed by atoms with van der Waals surface area (Å²) in [4.78, 5) is 12.3. The Hall–Kier alpha value is -1.44. The van der Waals surface area contributed by atoms with Crippen LogP contribution in [-0.2, 0) is 14.8 Å². The normalized spacial score (nSPS) is 18.3.